The SMILES string of the molecule is Cc1ccc(C(=O)NC(=Cc2ccc(Cl)c(Cl)c2)C(=O)NC(C(=O)O)C(C)(C)S)cc1. The van der Waals surface area contributed by atoms with Gasteiger partial charge in [0.15, 0.2) is 0 Å². The van der Waals surface area contributed by atoms with Gasteiger partial charge in [-0.3, -0.25) is 9.59 Å². The molecule has 0 saturated heterocycles. The molecule has 0 radical (unpaired) electrons. The summed E-state index contributed by atoms with van der Waals surface area (Å²) in [5, 5.41) is 15.0. The van der Waals surface area contributed by atoms with E-state index < -0.39 is 28.6 Å². The van der Waals surface area contributed by atoms with Gasteiger partial charge in [0.2, 0.25) is 0 Å². The minimum absolute atomic E-state index is 0.159. The van der Waals surface area contributed by atoms with Gasteiger partial charge in [0.05, 0.1) is 10.0 Å². The van der Waals surface area contributed by atoms with Crippen molar-refractivity contribution in [3.63, 3.8) is 0 Å². The fourth-order valence-electron chi connectivity index (χ4n) is 2.58. The first-order chi connectivity index (χ1) is 14.4. The molecule has 2 amide bonds. The highest BCUT2D eigenvalue weighted by molar-refractivity contribution is 7.81. The zero-order chi connectivity index (χ0) is 23.3. The molecule has 31 heavy (non-hydrogen) atoms. The third-order valence-corrected chi connectivity index (χ3v) is 5.29. The smallest absolute Gasteiger partial charge is 0.327 e. The number of carbonyl (C=O) groups is 3. The molecule has 0 fully saturated rings. The maximum atomic E-state index is 12.9. The van der Waals surface area contributed by atoms with Crippen LogP contribution in [0.4, 0.5) is 0 Å². The van der Waals surface area contributed by atoms with E-state index in [1.807, 2.05) is 6.92 Å². The summed E-state index contributed by atoms with van der Waals surface area (Å²) in [5.74, 6) is -2.58. The lowest BCUT2D eigenvalue weighted by Crippen LogP contribution is -2.53. The topological polar surface area (TPSA) is 95.5 Å². The number of carbonyl (C=O) groups excluding carboxylic acids is 2. The van der Waals surface area contributed by atoms with E-state index in [1.54, 1.807) is 50.2 Å². The Labute approximate surface area is 196 Å². The fraction of sp³-hybridized carbons (Fsp3) is 0.227. The number of aryl methyl sites for hydroxylation is 1. The predicted molar refractivity (Wildman–Crippen MR) is 126 cm³/mol. The van der Waals surface area contributed by atoms with Crippen LogP contribution in [0.5, 0.6) is 0 Å². The molecule has 2 aromatic rings. The molecule has 0 bridgehead atoms. The van der Waals surface area contributed by atoms with Gasteiger partial charge in [0.1, 0.15) is 11.7 Å². The Bertz CT molecular complexity index is 1030. The van der Waals surface area contributed by atoms with Crippen molar-refractivity contribution in [2.45, 2.75) is 31.6 Å². The lowest BCUT2D eigenvalue weighted by molar-refractivity contribution is -0.142. The summed E-state index contributed by atoms with van der Waals surface area (Å²) < 4.78 is -1.06. The molecule has 6 nitrogen and oxygen atoms in total. The Morgan fingerprint density at radius 2 is 1.68 bits per heavy atom. The van der Waals surface area contributed by atoms with E-state index in [-0.39, 0.29) is 10.7 Å². The largest absolute Gasteiger partial charge is 0.480 e. The van der Waals surface area contributed by atoms with Crippen LogP contribution < -0.4 is 10.6 Å². The number of aliphatic carboxylic acids is 1. The van der Waals surface area contributed by atoms with Gasteiger partial charge in [0, 0.05) is 10.3 Å². The first-order valence-corrected chi connectivity index (χ1v) is 10.4. The first-order valence-electron chi connectivity index (χ1n) is 9.19. The second kappa shape index (κ2) is 10.2. The van der Waals surface area contributed by atoms with Crippen LogP contribution in [0.1, 0.15) is 35.3 Å². The molecule has 9 heteroatoms. The van der Waals surface area contributed by atoms with Crippen LogP contribution in [0.3, 0.4) is 0 Å². The van der Waals surface area contributed by atoms with Gasteiger partial charge in [-0.05, 0) is 56.7 Å². The molecule has 0 heterocycles. The lowest BCUT2D eigenvalue weighted by Gasteiger charge is -2.27. The quantitative estimate of drug-likeness (QED) is 0.349. The molecule has 164 valence electrons. The summed E-state index contributed by atoms with van der Waals surface area (Å²) >= 11 is 16.2. The minimum Gasteiger partial charge on any atom is -0.480 e. The number of halogens is 2. The first kappa shape index (κ1) is 24.8. The Morgan fingerprint density at radius 1 is 1.06 bits per heavy atom. The highest BCUT2D eigenvalue weighted by Crippen LogP contribution is 2.24. The zero-order valence-electron chi connectivity index (χ0n) is 17.1. The monoisotopic (exact) mass is 480 g/mol. The van der Waals surface area contributed by atoms with Gasteiger partial charge in [-0.2, -0.15) is 12.6 Å². The minimum atomic E-state index is -1.31. The van der Waals surface area contributed by atoms with E-state index in [9.17, 15) is 19.5 Å². The second-order valence-corrected chi connectivity index (χ2v) is 9.42. The normalized spacial score (nSPS) is 12.8. The average Bonchev–Trinajstić information content (AvgIpc) is 2.67. The highest BCUT2D eigenvalue weighted by Gasteiger charge is 2.34. The van der Waals surface area contributed by atoms with Crippen molar-refractivity contribution < 1.29 is 19.5 Å². The van der Waals surface area contributed by atoms with Crippen molar-refractivity contribution in [1.29, 1.82) is 0 Å². The molecule has 0 aliphatic heterocycles. The molecule has 1 atom stereocenters. The van der Waals surface area contributed by atoms with E-state index in [0.29, 0.717) is 16.1 Å². The van der Waals surface area contributed by atoms with Crippen LogP contribution in [0, 0.1) is 6.92 Å². The molecule has 0 aliphatic carbocycles. The van der Waals surface area contributed by atoms with Crippen LogP contribution in [0.25, 0.3) is 6.08 Å². The fourth-order valence-corrected chi connectivity index (χ4v) is 3.06. The van der Waals surface area contributed by atoms with E-state index in [2.05, 4.69) is 23.3 Å². The Kier molecular flexibility index (Phi) is 8.17. The molecule has 0 aromatic heterocycles. The maximum Gasteiger partial charge on any atom is 0.327 e. The summed E-state index contributed by atoms with van der Waals surface area (Å²) in [6.45, 7) is 5.00. The maximum absolute atomic E-state index is 12.9. The molecule has 1 unspecified atom stereocenters. The zero-order valence-corrected chi connectivity index (χ0v) is 19.5. The van der Waals surface area contributed by atoms with Crippen molar-refractivity contribution in [1.82, 2.24) is 10.6 Å². The van der Waals surface area contributed by atoms with Crippen molar-refractivity contribution in [3.05, 3.63) is 74.9 Å². The van der Waals surface area contributed by atoms with E-state index in [1.165, 1.54) is 12.1 Å². The van der Waals surface area contributed by atoms with Crippen LogP contribution in [-0.2, 0) is 9.59 Å². The number of hydrogen-bond acceptors (Lipinski definition) is 4. The molecule has 0 aliphatic rings. The van der Waals surface area contributed by atoms with Crippen LogP contribution in [0.15, 0.2) is 48.2 Å². The molecule has 2 aromatic carbocycles. The summed E-state index contributed by atoms with van der Waals surface area (Å²) in [7, 11) is 0. The summed E-state index contributed by atoms with van der Waals surface area (Å²) in [4.78, 5) is 37.2. The van der Waals surface area contributed by atoms with Gasteiger partial charge in [-0.25, -0.2) is 4.79 Å². The molecular formula is C22H22Cl2N2O4S. The Morgan fingerprint density at radius 3 is 2.19 bits per heavy atom. The third kappa shape index (κ3) is 7.02. The molecular weight excluding hydrogens is 459 g/mol. The summed E-state index contributed by atoms with van der Waals surface area (Å²) in [6.07, 6.45) is 1.38. The van der Waals surface area contributed by atoms with E-state index in [4.69, 9.17) is 23.2 Å². The predicted octanol–water partition coefficient (Wildman–Crippen LogP) is 4.35. The Balaban J connectivity index is 2.41. The van der Waals surface area contributed by atoms with Crippen molar-refractivity contribution in [3.8, 4) is 0 Å². The van der Waals surface area contributed by atoms with Crippen molar-refractivity contribution >= 4 is 59.7 Å². The third-order valence-electron chi connectivity index (χ3n) is 4.29. The van der Waals surface area contributed by atoms with E-state index >= 15 is 0 Å². The van der Waals surface area contributed by atoms with Crippen LogP contribution in [0.2, 0.25) is 10.0 Å². The van der Waals surface area contributed by atoms with Gasteiger partial charge in [-0.1, -0.05) is 47.0 Å². The van der Waals surface area contributed by atoms with Crippen LogP contribution in [-0.4, -0.2) is 33.7 Å². The van der Waals surface area contributed by atoms with Gasteiger partial charge in [0.25, 0.3) is 11.8 Å². The van der Waals surface area contributed by atoms with Gasteiger partial charge in [-0.15, -0.1) is 0 Å². The number of carboxylic acid groups (broad SMARTS) is 1. The highest BCUT2D eigenvalue weighted by atomic mass is 35.5. The molecule has 3 N–H and O–H groups in total. The second-order valence-electron chi connectivity index (χ2n) is 7.45. The number of benzene rings is 2. The molecule has 0 saturated carbocycles. The number of rotatable bonds is 7. The lowest BCUT2D eigenvalue weighted by atomic mass is 10.0. The van der Waals surface area contributed by atoms with Crippen LogP contribution >= 0.6 is 35.8 Å². The average molecular weight is 481 g/mol. The summed E-state index contributed by atoms with van der Waals surface area (Å²) in [6, 6.07) is 10.1. The van der Waals surface area contributed by atoms with Crippen molar-refractivity contribution in [2.24, 2.45) is 0 Å². The number of hydrogen-bond donors (Lipinski definition) is 4. The number of nitrogens with one attached hydrogen (secondary N) is 2. The Hall–Kier alpha value is -2.48. The summed E-state index contributed by atoms with van der Waals surface area (Å²) in [5.41, 5.74) is 1.64. The van der Waals surface area contributed by atoms with Gasteiger partial charge < -0.3 is 15.7 Å². The number of carboxylic acids is 1. The number of amides is 2. The number of thiol groups is 1. The molecule has 2 rings (SSSR count). The van der Waals surface area contributed by atoms with Gasteiger partial charge >= 0.3 is 5.97 Å². The molecule has 0 spiro atoms. The van der Waals surface area contributed by atoms with E-state index in [0.717, 1.165) is 5.56 Å². The standard InChI is InChI=1S/C22H22Cl2N2O4S/c1-12-4-7-14(8-5-12)19(27)25-17(11-13-6-9-15(23)16(24)10-13)20(28)26-18(21(29)30)22(2,3)31/h4-11,18,31H,1-3H3,(H,25,27)(H,26,28)(H,29,30). The van der Waals surface area contributed by atoms with Crippen molar-refractivity contribution in [2.75, 3.05) is 0 Å².